The maximum absolute atomic E-state index is 13.5. The van der Waals surface area contributed by atoms with E-state index in [1.54, 1.807) is 25.4 Å². The Morgan fingerprint density at radius 2 is 1.92 bits per heavy atom. The van der Waals surface area contributed by atoms with E-state index < -0.39 is 11.5 Å². The third kappa shape index (κ3) is 5.98. The first-order chi connectivity index (χ1) is 18.2. The summed E-state index contributed by atoms with van der Waals surface area (Å²) in [6.45, 7) is 1.42. The summed E-state index contributed by atoms with van der Waals surface area (Å²) in [4.78, 5) is 25.3. The predicted molar refractivity (Wildman–Crippen MR) is 151 cm³/mol. The second-order valence-electron chi connectivity index (χ2n) is 9.15. The summed E-state index contributed by atoms with van der Waals surface area (Å²) in [7, 11) is 9.36. The number of carbonyl (C=O) groups is 1. The van der Waals surface area contributed by atoms with E-state index in [4.69, 9.17) is 21.3 Å². The van der Waals surface area contributed by atoms with Crippen molar-refractivity contribution in [3.05, 3.63) is 54.9 Å². The van der Waals surface area contributed by atoms with Crippen molar-refractivity contribution in [2.75, 3.05) is 56.9 Å². The number of alkyl halides is 2. The molecule has 11 heteroatoms. The van der Waals surface area contributed by atoms with E-state index in [0.29, 0.717) is 35.3 Å². The standard InChI is InChI=1S/C27H31ClFN7O2/c1-34(2)12-13-35(3)23-15-24(38-5)21(14-20(23)31-26(37)25(28)29)33-27-30-11-10-19(32-27)18-16-36(4)22-9-7-6-8-17(18)22/h6-11,14-16,25H,12-13H2,1-5H3,(H,31,37)(H,30,32,33). The van der Waals surface area contributed by atoms with Gasteiger partial charge in [-0.1, -0.05) is 29.8 Å². The Hall–Kier alpha value is -3.89. The molecule has 4 rings (SSSR count). The zero-order valence-electron chi connectivity index (χ0n) is 22.0. The highest BCUT2D eigenvalue weighted by molar-refractivity contribution is 6.31. The van der Waals surface area contributed by atoms with Gasteiger partial charge in [0, 0.05) is 62.1 Å². The molecule has 2 heterocycles. The highest BCUT2D eigenvalue weighted by Crippen LogP contribution is 2.38. The van der Waals surface area contributed by atoms with Crippen LogP contribution in [0.4, 0.5) is 27.4 Å². The zero-order valence-corrected chi connectivity index (χ0v) is 22.8. The van der Waals surface area contributed by atoms with Crippen LogP contribution in [0.15, 0.2) is 54.9 Å². The molecular formula is C27H31ClFN7O2. The molecule has 0 spiro atoms. The van der Waals surface area contributed by atoms with Gasteiger partial charge in [-0.05, 0) is 32.3 Å². The number of nitrogens with one attached hydrogen (secondary N) is 2. The van der Waals surface area contributed by atoms with Gasteiger partial charge < -0.3 is 29.7 Å². The van der Waals surface area contributed by atoms with Crippen LogP contribution in [-0.2, 0) is 11.8 Å². The molecule has 200 valence electrons. The minimum Gasteiger partial charge on any atom is -0.494 e. The van der Waals surface area contributed by atoms with E-state index in [1.807, 2.05) is 62.4 Å². The Labute approximate surface area is 226 Å². The van der Waals surface area contributed by atoms with Crippen molar-refractivity contribution in [2.45, 2.75) is 5.63 Å². The third-order valence-corrected chi connectivity index (χ3v) is 6.34. The van der Waals surface area contributed by atoms with Gasteiger partial charge in [-0.15, -0.1) is 0 Å². The molecule has 0 aliphatic carbocycles. The molecule has 0 bridgehead atoms. The number of halogens is 2. The molecule has 2 aromatic heterocycles. The summed E-state index contributed by atoms with van der Waals surface area (Å²) < 4.78 is 21.2. The number of para-hydroxylation sites is 1. The van der Waals surface area contributed by atoms with Gasteiger partial charge in [-0.2, -0.15) is 0 Å². The van der Waals surface area contributed by atoms with E-state index in [-0.39, 0.29) is 0 Å². The quantitative estimate of drug-likeness (QED) is 0.278. The van der Waals surface area contributed by atoms with Crippen LogP contribution in [0.5, 0.6) is 5.75 Å². The number of aromatic nitrogens is 3. The van der Waals surface area contributed by atoms with Crippen molar-refractivity contribution < 1.29 is 13.9 Å². The van der Waals surface area contributed by atoms with Crippen LogP contribution in [0.1, 0.15) is 0 Å². The fraction of sp³-hybridized carbons (Fsp3) is 0.296. The lowest BCUT2D eigenvalue weighted by molar-refractivity contribution is -0.118. The van der Waals surface area contributed by atoms with Crippen molar-refractivity contribution >= 4 is 51.4 Å². The molecule has 0 aliphatic heterocycles. The molecule has 0 saturated carbocycles. The highest BCUT2D eigenvalue weighted by Gasteiger charge is 2.20. The van der Waals surface area contributed by atoms with Gasteiger partial charge in [0.2, 0.25) is 5.95 Å². The van der Waals surface area contributed by atoms with E-state index in [9.17, 15) is 9.18 Å². The SMILES string of the molecule is COc1cc(N(C)CCN(C)C)c(NC(=O)C(F)Cl)cc1Nc1nccc(-c2cn(C)c3ccccc23)n1. The van der Waals surface area contributed by atoms with Gasteiger partial charge >= 0.3 is 0 Å². The number of rotatable bonds is 10. The average Bonchev–Trinajstić information content (AvgIpc) is 3.24. The number of carbonyl (C=O) groups excluding carboxylic acids is 1. The first-order valence-corrected chi connectivity index (χ1v) is 12.4. The molecule has 4 aromatic rings. The number of aryl methyl sites for hydroxylation is 1. The second kappa shape index (κ2) is 11.7. The van der Waals surface area contributed by atoms with Crippen LogP contribution in [0, 0.1) is 0 Å². The molecule has 9 nitrogen and oxygen atoms in total. The van der Waals surface area contributed by atoms with Gasteiger partial charge in [0.1, 0.15) is 5.75 Å². The van der Waals surface area contributed by atoms with Crippen LogP contribution < -0.4 is 20.3 Å². The van der Waals surface area contributed by atoms with Gasteiger partial charge in [-0.25, -0.2) is 14.4 Å². The number of methoxy groups -OCH3 is 1. The van der Waals surface area contributed by atoms with Gasteiger partial charge in [0.05, 0.1) is 29.9 Å². The van der Waals surface area contributed by atoms with Crippen LogP contribution >= 0.6 is 11.6 Å². The number of hydrogen-bond acceptors (Lipinski definition) is 7. The lowest BCUT2D eigenvalue weighted by Crippen LogP contribution is -2.30. The van der Waals surface area contributed by atoms with Crippen LogP contribution in [-0.4, -0.2) is 72.3 Å². The number of amides is 1. The fourth-order valence-electron chi connectivity index (χ4n) is 4.14. The lowest BCUT2D eigenvalue weighted by atomic mass is 10.1. The Morgan fingerprint density at radius 3 is 2.63 bits per heavy atom. The normalized spacial score (nSPS) is 12.0. The van der Waals surface area contributed by atoms with Gasteiger partial charge in [0.25, 0.3) is 11.5 Å². The monoisotopic (exact) mass is 539 g/mol. The molecule has 2 aromatic carbocycles. The Kier molecular flexibility index (Phi) is 8.33. The van der Waals surface area contributed by atoms with Crippen LogP contribution in [0.3, 0.4) is 0 Å². The number of likely N-dealkylation sites (N-methyl/N-ethyl adjacent to an activating group) is 2. The summed E-state index contributed by atoms with van der Waals surface area (Å²) >= 11 is 5.40. The Morgan fingerprint density at radius 1 is 1.16 bits per heavy atom. The van der Waals surface area contributed by atoms with Crippen LogP contribution in [0.2, 0.25) is 0 Å². The van der Waals surface area contributed by atoms with Crippen LogP contribution in [0.25, 0.3) is 22.2 Å². The van der Waals surface area contributed by atoms with Crippen molar-refractivity contribution in [1.82, 2.24) is 19.4 Å². The lowest BCUT2D eigenvalue weighted by Gasteiger charge is -2.26. The van der Waals surface area contributed by atoms with Crippen molar-refractivity contribution in [3.8, 4) is 17.0 Å². The third-order valence-electron chi connectivity index (χ3n) is 6.14. The largest absolute Gasteiger partial charge is 0.494 e. The Bertz CT molecular complexity index is 1440. The highest BCUT2D eigenvalue weighted by atomic mass is 35.5. The topological polar surface area (TPSA) is 87.5 Å². The number of benzene rings is 2. The second-order valence-corrected chi connectivity index (χ2v) is 9.53. The fourth-order valence-corrected chi connectivity index (χ4v) is 4.20. The molecule has 38 heavy (non-hydrogen) atoms. The summed E-state index contributed by atoms with van der Waals surface area (Å²) in [6.07, 6.45) is 3.70. The van der Waals surface area contributed by atoms with Crippen molar-refractivity contribution in [1.29, 1.82) is 0 Å². The molecular weight excluding hydrogens is 509 g/mol. The first kappa shape index (κ1) is 27.2. The van der Waals surface area contributed by atoms with E-state index in [1.165, 1.54) is 0 Å². The molecule has 2 N–H and O–H groups in total. The molecule has 0 saturated heterocycles. The summed E-state index contributed by atoms with van der Waals surface area (Å²) in [5.74, 6) is -0.129. The first-order valence-electron chi connectivity index (χ1n) is 12.0. The van der Waals surface area contributed by atoms with E-state index >= 15 is 0 Å². The molecule has 1 amide bonds. The number of ether oxygens (including phenoxy) is 1. The molecule has 0 fully saturated rings. The predicted octanol–water partition coefficient (Wildman–Crippen LogP) is 4.86. The maximum Gasteiger partial charge on any atom is 0.274 e. The van der Waals surface area contributed by atoms with E-state index in [0.717, 1.165) is 28.7 Å². The molecule has 1 atom stereocenters. The van der Waals surface area contributed by atoms with Crippen molar-refractivity contribution in [2.24, 2.45) is 7.05 Å². The number of hydrogen-bond donors (Lipinski definition) is 2. The number of nitrogens with zero attached hydrogens (tertiary/aromatic N) is 5. The van der Waals surface area contributed by atoms with Gasteiger partial charge in [-0.3, -0.25) is 4.79 Å². The molecule has 0 aliphatic rings. The van der Waals surface area contributed by atoms with Gasteiger partial charge in [0.15, 0.2) is 0 Å². The maximum atomic E-state index is 13.5. The average molecular weight is 540 g/mol. The smallest absolute Gasteiger partial charge is 0.274 e. The van der Waals surface area contributed by atoms with E-state index in [2.05, 4.69) is 32.3 Å². The van der Waals surface area contributed by atoms with Crippen molar-refractivity contribution in [3.63, 3.8) is 0 Å². The number of anilines is 4. The summed E-state index contributed by atoms with van der Waals surface area (Å²) in [5.41, 5.74) is 2.13. The summed E-state index contributed by atoms with van der Waals surface area (Å²) in [6, 6.07) is 13.4. The summed E-state index contributed by atoms with van der Waals surface area (Å²) in [5, 5.41) is 6.84. The Balaban J connectivity index is 1.71. The zero-order chi connectivity index (χ0) is 27.4. The number of fused-ring (bicyclic) bond motifs is 1. The molecule has 1 unspecified atom stereocenters. The minimum absolute atomic E-state index is 0.334. The molecule has 0 radical (unpaired) electrons. The minimum atomic E-state index is -2.19.